The molecule has 0 fully saturated rings. The number of halogens is 1. The fourth-order valence-corrected chi connectivity index (χ4v) is 1.92. The number of amides is 3. The standard InChI is InChI=1S/C12H13ClN2O3/c13-6-5-11(16)15-12(17)14-9-7-18-10-4-2-1-3-8(9)10/h1-4,9H,5-7H2,(H2,14,15,16,17). The Morgan fingerprint density at radius 2 is 2.17 bits per heavy atom. The number of rotatable bonds is 3. The average molecular weight is 269 g/mol. The van der Waals surface area contributed by atoms with Crippen molar-refractivity contribution in [3.63, 3.8) is 0 Å². The predicted molar refractivity (Wildman–Crippen MR) is 66.7 cm³/mol. The highest BCUT2D eigenvalue weighted by molar-refractivity contribution is 6.19. The molecule has 6 heteroatoms. The number of nitrogens with one attached hydrogen (secondary N) is 2. The molecule has 0 saturated heterocycles. The number of carbonyl (C=O) groups is 2. The van der Waals surface area contributed by atoms with Crippen LogP contribution < -0.4 is 15.4 Å². The van der Waals surface area contributed by atoms with Crippen LogP contribution in [0.1, 0.15) is 18.0 Å². The first-order valence-corrected chi connectivity index (χ1v) is 6.12. The highest BCUT2D eigenvalue weighted by Crippen LogP contribution is 2.31. The lowest BCUT2D eigenvalue weighted by atomic mass is 10.1. The lowest BCUT2D eigenvalue weighted by Crippen LogP contribution is -2.41. The van der Waals surface area contributed by atoms with Gasteiger partial charge in [-0.2, -0.15) is 0 Å². The van der Waals surface area contributed by atoms with Crippen LogP contribution in [-0.2, 0) is 4.79 Å². The molecule has 1 unspecified atom stereocenters. The minimum absolute atomic E-state index is 0.118. The van der Waals surface area contributed by atoms with Gasteiger partial charge in [0.25, 0.3) is 0 Å². The number of ether oxygens (including phenoxy) is 1. The second kappa shape index (κ2) is 5.73. The summed E-state index contributed by atoms with van der Waals surface area (Å²) in [6.45, 7) is 0.371. The maximum atomic E-state index is 11.6. The topological polar surface area (TPSA) is 67.4 Å². The minimum Gasteiger partial charge on any atom is -0.491 e. The van der Waals surface area contributed by atoms with E-state index in [2.05, 4.69) is 10.6 Å². The Bertz CT molecular complexity index is 464. The zero-order valence-electron chi connectivity index (χ0n) is 9.61. The zero-order chi connectivity index (χ0) is 13.0. The molecule has 1 aromatic carbocycles. The van der Waals surface area contributed by atoms with Crippen molar-refractivity contribution in [2.75, 3.05) is 12.5 Å². The van der Waals surface area contributed by atoms with E-state index in [-0.39, 0.29) is 18.3 Å². The van der Waals surface area contributed by atoms with Crippen LogP contribution in [0.15, 0.2) is 24.3 Å². The van der Waals surface area contributed by atoms with Gasteiger partial charge in [-0.25, -0.2) is 4.79 Å². The Hall–Kier alpha value is -1.75. The molecule has 18 heavy (non-hydrogen) atoms. The van der Waals surface area contributed by atoms with E-state index in [4.69, 9.17) is 16.3 Å². The van der Waals surface area contributed by atoms with E-state index in [1.165, 1.54) is 0 Å². The van der Waals surface area contributed by atoms with Gasteiger partial charge in [-0.1, -0.05) is 18.2 Å². The van der Waals surface area contributed by atoms with E-state index in [1.807, 2.05) is 24.3 Å². The van der Waals surface area contributed by atoms with Crippen LogP contribution in [0.3, 0.4) is 0 Å². The summed E-state index contributed by atoms with van der Waals surface area (Å²) in [5.74, 6) is 0.554. The smallest absolute Gasteiger partial charge is 0.322 e. The van der Waals surface area contributed by atoms with E-state index >= 15 is 0 Å². The normalized spacial score (nSPS) is 16.6. The highest BCUT2D eigenvalue weighted by atomic mass is 35.5. The van der Waals surface area contributed by atoms with Gasteiger partial charge in [0.2, 0.25) is 5.91 Å². The lowest BCUT2D eigenvalue weighted by molar-refractivity contribution is -0.119. The monoisotopic (exact) mass is 268 g/mol. The summed E-state index contributed by atoms with van der Waals surface area (Å²) >= 11 is 5.40. The number of hydrogen-bond acceptors (Lipinski definition) is 3. The second-order valence-electron chi connectivity index (χ2n) is 3.86. The van der Waals surface area contributed by atoms with Crippen molar-refractivity contribution in [3.05, 3.63) is 29.8 Å². The fraction of sp³-hybridized carbons (Fsp3) is 0.333. The third-order valence-corrected chi connectivity index (χ3v) is 2.77. The number of carbonyl (C=O) groups excluding carboxylic acids is 2. The first-order valence-electron chi connectivity index (χ1n) is 5.58. The maximum absolute atomic E-state index is 11.6. The molecule has 0 saturated carbocycles. The highest BCUT2D eigenvalue weighted by Gasteiger charge is 2.25. The largest absolute Gasteiger partial charge is 0.491 e. The van der Waals surface area contributed by atoms with Gasteiger partial charge in [-0.05, 0) is 6.07 Å². The Morgan fingerprint density at radius 3 is 2.94 bits per heavy atom. The molecule has 0 radical (unpaired) electrons. The Labute approximate surface area is 109 Å². The molecule has 96 valence electrons. The van der Waals surface area contributed by atoms with Crippen molar-refractivity contribution in [1.82, 2.24) is 10.6 Å². The van der Waals surface area contributed by atoms with Gasteiger partial charge in [-0.15, -0.1) is 11.6 Å². The molecular weight excluding hydrogens is 256 g/mol. The lowest BCUT2D eigenvalue weighted by Gasteiger charge is -2.11. The van der Waals surface area contributed by atoms with Crippen molar-refractivity contribution in [2.24, 2.45) is 0 Å². The van der Waals surface area contributed by atoms with Gasteiger partial charge >= 0.3 is 6.03 Å². The molecule has 0 aliphatic carbocycles. The van der Waals surface area contributed by atoms with Crippen LogP contribution >= 0.6 is 11.6 Å². The Morgan fingerprint density at radius 1 is 1.39 bits per heavy atom. The first kappa shape index (κ1) is 12.7. The number of hydrogen-bond donors (Lipinski definition) is 2. The number of urea groups is 1. The van der Waals surface area contributed by atoms with Gasteiger partial charge < -0.3 is 10.1 Å². The quantitative estimate of drug-likeness (QED) is 0.818. The summed E-state index contributed by atoms with van der Waals surface area (Å²) in [7, 11) is 0. The van der Waals surface area contributed by atoms with Gasteiger partial charge in [0, 0.05) is 17.9 Å². The number of alkyl halides is 1. The number of benzene rings is 1. The molecule has 3 amide bonds. The molecule has 1 aliphatic heterocycles. The van der Waals surface area contributed by atoms with E-state index in [1.54, 1.807) is 0 Å². The summed E-state index contributed by atoms with van der Waals surface area (Å²) < 4.78 is 5.42. The summed E-state index contributed by atoms with van der Waals surface area (Å²) in [6.07, 6.45) is 0.118. The van der Waals surface area contributed by atoms with E-state index in [0.29, 0.717) is 6.61 Å². The molecule has 0 aromatic heterocycles. The average Bonchev–Trinajstić information content (AvgIpc) is 2.73. The van der Waals surface area contributed by atoms with Crippen LogP contribution in [0.25, 0.3) is 0 Å². The molecule has 2 rings (SSSR count). The Kier molecular flexibility index (Phi) is 4.04. The molecule has 1 heterocycles. The number of fused-ring (bicyclic) bond motifs is 1. The van der Waals surface area contributed by atoms with E-state index in [0.717, 1.165) is 11.3 Å². The van der Waals surface area contributed by atoms with Crippen LogP contribution in [0, 0.1) is 0 Å². The molecule has 1 aromatic rings. The van der Waals surface area contributed by atoms with Crippen molar-refractivity contribution >= 4 is 23.5 Å². The SMILES string of the molecule is O=C(CCCl)NC(=O)NC1COc2ccccc21. The number of para-hydroxylation sites is 1. The molecular formula is C12H13ClN2O3. The molecule has 0 spiro atoms. The first-order chi connectivity index (χ1) is 8.70. The predicted octanol–water partition coefficient (Wildman–Crippen LogP) is 1.57. The van der Waals surface area contributed by atoms with Crippen molar-refractivity contribution in [2.45, 2.75) is 12.5 Å². The second-order valence-corrected chi connectivity index (χ2v) is 4.24. The third kappa shape index (κ3) is 2.92. The van der Waals surface area contributed by atoms with E-state index in [9.17, 15) is 9.59 Å². The Balaban J connectivity index is 1.91. The van der Waals surface area contributed by atoms with Crippen LogP contribution in [0.4, 0.5) is 4.79 Å². The molecule has 0 bridgehead atoms. The van der Waals surface area contributed by atoms with Crippen molar-refractivity contribution in [1.29, 1.82) is 0 Å². The molecule has 5 nitrogen and oxygen atoms in total. The van der Waals surface area contributed by atoms with Gasteiger partial charge in [-0.3, -0.25) is 10.1 Å². The third-order valence-electron chi connectivity index (χ3n) is 2.58. The van der Waals surface area contributed by atoms with Gasteiger partial charge in [0.05, 0.1) is 6.04 Å². The fourth-order valence-electron chi connectivity index (χ4n) is 1.75. The summed E-state index contributed by atoms with van der Waals surface area (Å²) in [5.41, 5.74) is 0.914. The minimum atomic E-state index is -0.532. The van der Waals surface area contributed by atoms with Gasteiger partial charge in [0.15, 0.2) is 0 Å². The summed E-state index contributed by atoms with van der Waals surface area (Å²) in [5, 5.41) is 4.89. The summed E-state index contributed by atoms with van der Waals surface area (Å²) in [4.78, 5) is 22.7. The summed E-state index contributed by atoms with van der Waals surface area (Å²) in [6, 6.07) is 6.70. The molecule has 1 atom stereocenters. The van der Waals surface area contributed by atoms with E-state index < -0.39 is 11.9 Å². The zero-order valence-corrected chi connectivity index (χ0v) is 10.4. The maximum Gasteiger partial charge on any atom is 0.322 e. The molecule has 2 N–H and O–H groups in total. The van der Waals surface area contributed by atoms with Gasteiger partial charge in [0.1, 0.15) is 12.4 Å². The van der Waals surface area contributed by atoms with Crippen molar-refractivity contribution in [3.8, 4) is 5.75 Å². The number of imide groups is 1. The van der Waals surface area contributed by atoms with Crippen LogP contribution in [-0.4, -0.2) is 24.4 Å². The van der Waals surface area contributed by atoms with Crippen molar-refractivity contribution < 1.29 is 14.3 Å². The molecule has 1 aliphatic rings. The van der Waals surface area contributed by atoms with Crippen LogP contribution in [0.2, 0.25) is 0 Å². The van der Waals surface area contributed by atoms with Crippen LogP contribution in [0.5, 0.6) is 5.75 Å².